The number of hydrogen-bond donors (Lipinski definition) is 1. The monoisotopic (exact) mass is 234 g/mol. The molecule has 0 saturated carbocycles. The average molecular weight is 234 g/mol. The van der Waals surface area contributed by atoms with Crippen molar-refractivity contribution in [1.82, 2.24) is 0 Å². The summed E-state index contributed by atoms with van der Waals surface area (Å²) < 4.78 is 5.27. The highest BCUT2D eigenvalue weighted by atomic mass is 16.5. The van der Waals surface area contributed by atoms with Crippen LogP contribution in [0.1, 0.15) is 26.7 Å². The van der Waals surface area contributed by atoms with Crippen molar-refractivity contribution in [1.29, 1.82) is 0 Å². The van der Waals surface area contributed by atoms with E-state index in [1.807, 2.05) is 12.1 Å². The van der Waals surface area contributed by atoms with Crippen LogP contribution in [0.3, 0.4) is 0 Å². The van der Waals surface area contributed by atoms with E-state index < -0.39 is 0 Å². The van der Waals surface area contributed by atoms with Crippen LogP contribution in [0, 0.1) is 5.41 Å². The first kappa shape index (κ1) is 12.1. The quantitative estimate of drug-likeness (QED) is 0.800. The maximum Gasteiger partial charge on any atom is 0.122 e. The van der Waals surface area contributed by atoms with Crippen LogP contribution in [0.15, 0.2) is 18.2 Å². The SMILES string of the molecule is COc1cc(N)cc(N2CCCC(C)(C)C2)c1. The first-order valence-corrected chi connectivity index (χ1v) is 6.20. The fourth-order valence-corrected chi connectivity index (χ4v) is 2.55. The maximum atomic E-state index is 5.90. The molecular weight excluding hydrogens is 212 g/mol. The predicted octanol–water partition coefficient (Wildman–Crippen LogP) is 2.90. The van der Waals surface area contributed by atoms with Crippen molar-refractivity contribution in [3.8, 4) is 5.75 Å². The molecule has 1 aromatic carbocycles. The van der Waals surface area contributed by atoms with Crippen molar-refractivity contribution in [3.05, 3.63) is 18.2 Å². The second-order valence-electron chi connectivity index (χ2n) is 5.65. The van der Waals surface area contributed by atoms with E-state index in [4.69, 9.17) is 10.5 Å². The molecule has 1 aromatic rings. The van der Waals surface area contributed by atoms with Crippen molar-refractivity contribution < 1.29 is 4.74 Å². The predicted molar refractivity (Wildman–Crippen MR) is 72.6 cm³/mol. The van der Waals surface area contributed by atoms with Crippen molar-refractivity contribution in [3.63, 3.8) is 0 Å². The zero-order chi connectivity index (χ0) is 12.5. The molecule has 1 aliphatic heterocycles. The molecule has 94 valence electrons. The molecule has 0 atom stereocenters. The summed E-state index contributed by atoms with van der Waals surface area (Å²) in [6.07, 6.45) is 2.53. The van der Waals surface area contributed by atoms with Gasteiger partial charge < -0.3 is 15.4 Å². The van der Waals surface area contributed by atoms with Crippen molar-refractivity contribution in [2.45, 2.75) is 26.7 Å². The fraction of sp³-hybridized carbons (Fsp3) is 0.571. The topological polar surface area (TPSA) is 38.5 Å². The number of ether oxygens (including phenoxy) is 1. The Morgan fingerprint density at radius 3 is 2.71 bits per heavy atom. The van der Waals surface area contributed by atoms with Crippen LogP contribution in [0.25, 0.3) is 0 Å². The van der Waals surface area contributed by atoms with Gasteiger partial charge in [-0.1, -0.05) is 13.8 Å². The van der Waals surface area contributed by atoms with Gasteiger partial charge in [-0.2, -0.15) is 0 Å². The number of rotatable bonds is 2. The third-order valence-corrected chi connectivity index (χ3v) is 3.41. The Balaban J connectivity index is 2.24. The summed E-state index contributed by atoms with van der Waals surface area (Å²) in [6.45, 7) is 6.83. The number of benzene rings is 1. The lowest BCUT2D eigenvalue weighted by atomic mass is 9.84. The molecule has 0 spiro atoms. The number of anilines is 2. The number of hydrogen-bond acceptors (Lipinski definition) is 3. The minimum absolute atomic E-state index is 0.385. The molecule has 0 unspecified atom stereocenters. The Labute approximate surface area is 104 Å². The van der Waals surface area contributed by atoms with Crippen molar-refractivity contribution >= 4 is 11.4 Å². The number of nitrogen functional groups attached to an aromatic ring is 1. The number of nitrogens with zero attached hydrogens (tertiary/aromatic N) is 1. The van der Waals surface area contributed by atoms with Crippen LogP contribution in [0.2, 0.25) is 0 Å². The van der Waals surface area contributed by atoms with Crippen LogP contribution in [0.4, 0.5) is 11.4 Å². The Morgan fingerprint density at radius 1 is 1.29 bits per heavy atom. The summed E-state index contributed by atoms with van der Waals surface area (Å²) in [5.41, 5.74) is 8.23. The lowest BCUT2D eigenvalue weighted by molar-refractivity contribution is 0.293. The first-order valence-electron chi connectivity index (χ1n) is 6.20. The van der Waals surface area contributed by atoms with E-state index in [-0.39, 0.29) is 0 Å². The molecule has 0 amide bonds. The van der Waals surface area contributed by atoms with Gasteiger partial charge >= 0.3 is 0 Å². The largest absolute Gasteiger partial charge is 0.497 e. The van der Waals surface area contributed by atoms with Gasteiger partial charge in [-0.15, -0.1) is 0 Å². The molecule has 1 heterocycles. The van der Waals surface area contributed by atoms with Gasteiger partial charge in [0.25, 0.3) is 0 Å². The zero-order valence-corrected chi connectivity index (χ0v) is 11.0. The molecular formula is C14H22N2O. The van der Waals surface area contributed by atoms with Gasteiger partial charge in [0.05, 0.1) is 7.11 Å². The van der Waals surface area contributed by atoms with E-state index in [0.29, 0.717) is 5.41 Å². The summed E-state index contributed by atoms with van der Waals surface area (Å²) in [5.74, 6) is 0.836. The van der Waals surface area contributed by atoms with Crippen LogP contribution in [-0.2, 0) is 0 Å². The lowest BCUT2D eigenvalue weighted by Crippen LogP contribution is -2.40. The molecule has 2 rings (SSSR count). The number of nitrogens with two attached hydrogens (primary N) is 1. The van der Waals surface area contributed by atoms with E-state index in [2.05, 4.69) is 24.8 Å². The number of piperidine rings is 1. The van der Waals surface area contributed by atoms with Crippen LogP contribution in [0.5, 0.6) is 5.75 Å². The van der Waals surface area contributed by atoms with Gasteiger partial charge in [-0.05, 0) is 24.3 Å². The Hall–Kier alpha value is -1.38. The van der Waals surface area contributed by atoms with E-state index in [9.17, 15) is 0 Å². The van der Waals surface area contributed by atoms with Crippen molar-refractivity contribution in [2.75, 3.05) is 30.8 Å². The molecule has 0 bridgehead atoms. The Morgan fingerprint density at radius 2 is 2.06 bits per heavy atom. The van der Waals surface area contributed by atoms with Gasteiger partial charge in [0.2, 0.25) is 0 Å². The molecule has 0 aliphatic carbocycles. The second-order valence-corrected chi connectivity index (χ2v) is 5.65. The molecule has 3 heteroatoms. The smallest absolute Gasteiger partial charge is 0.122 e. The zero-order valence-electron chi connectivity index (χ0n) is 11.0. The fourth-order valence-electron chi connectivity index (χ4n) is 2.55. The number of methoxy groups -OCH3 is 1. The first-order chi connectivity index (χ1) is 8.00. The highest BCUT2D eigenvalue weighted by Crippen LogP contribution is 2.33. The van der Waals surface area contributed by atoms with Crippen molar-refractivity contribution in [2.24, 2.45) is 5.41 Å². The minimum Gasteiger partial charge on any atom is -0.497 e. The standard InChI is InChI=1S/C14H22N2O/c1-14(2)5-4-6-16(10-14)12-7-11(15)8-13(9-12)17-3/h7-9H,4-6,10,15H2,1-3H3. The molecule has 0 radical (unpaired) electrons. The van der Waals surface area contributed by atoms with E-state index in [0.717, 1.165) is 24.5 Å². The molecule has 1 aliphatic rings. The van der Waals surface area contributed by atoms with Crippen LogP contribution in [-0.4, -0.2) is 20.2 Å². The minimum atomic E-state index is 0.385. The summed E-state index contributed by atoms with van der Waals surface area (Å²) in [6, 6.07) is 5.96. The van der Waals surface area contributed by atoms with E-state index >= 15 is 0 Å². The van der Waals surface area contributed by atoms with Gasteiger partial charge in [0.1, 0.15) is 5.75 Å². The molecule has 3 nitrogen and oxygen atoms in total. The summed E-state index contributed by atoms with van der Waals surface area (Å²) in [7, 11) is 1.68. The molecule has 1 saturated heterocycles. The summed E-state index contributed by atoms with van der Waals surface area (Å²) in [5, 5.41) is 0. The maximum absolute atomic E-state index is 5.90. The highest BCUT2D eigenvalue weighted by molar-refractivity contribution is 5.60. The molecule has 2 N–H and O–H groups in total. The normalized spacial score (nSPS) is 19.1. The summed E-state index contributed by atoms with van der Waals surface area (Å²) in [4.78, 5) is 2.41. The van der Waals surface area contributed by atoms with Gasteiger partial charge in [0, 0.05) is 36.6 Å². The lowest BCUT2D eigenvalue weighted by Gasteiger charge is -2.39. The van der Waals surface area contributed by atoms with E-state index in [1.165, 1.54) is 18.5 Å². The average Bonchev–Trinajstić information content (AvgIpc) is 2.27. The third-order valence-electron chi connectivity index (χ3n) is 3.41. The third kappa shape index (κ3) is 2.84. The van der Waals surface area contributed by atoms with Crippen LogP contribution < -0.4 is 15.4 Å². The van der Waals surface area contributed by atoms with Crippen LogP contribution >= 0.6 is 0 Å². The van der Waals surface area contributed by atoms with Gasteiger partial charge in [-0.25, -0.2) is 0 Å². The Bertz CT molecular complexity index is 401. The summed E-state index contributed by atoms with van der Waals surface area (Å²) >= 11 is 0. The highest BCUT2D eigenvalue weighted by Gasteiger charge is 2.26. The second kappa shape index (κ2) is 4.47. The molecule has 0 aromatic heterocycles. The molecule has 1 fully saturated rings. The van der Waals surface area contributed by atoms with Gasteiger partial charge in [-0.3, -0.25) is 0 Å². The Kier molecular flexibility index (Phi) is 3.18. The van der Waals surface area contributed by atoms with E-state index in [1.54, 1.807) is 7.11 Å². The van der Waals surface area contributed by atoms with Gasteiger partial charge in [0.15, 0.2) is 0 Å². The molecule has 17 heavy (non-hydrogen) atoms.